The predicted molar refractivity (Wildman–Crippen MR) is 84.3 cm³/mol. The lowest BCUT2D eigenvalue weighted by molar-refractivity contribution is -0.136. The SMILES string of the molecule is CCN1C(=O)C=CC1=O.Cc1ccc(N2C(=O)C=CC2=O)cc1. The highest BCUT2D eigenvalue weighted by Crippen LogP contribution is 2.18. The van der Waals surface area contributed by atoms with Crippen molar-refractivity contribution in [1.82, 2.24) is 4.90 Å². The second-order valence-corrected chi connectivity index (χ2v) is 4.93. The van der Waals surface area contributed by atoms with Gasteiger partial charge in [-0.2, -0.15) is 0 Å². The zero-order chi connectivity index (χ0) is 17.0. The number of hydrogen-bond donors (Lipinski definition) is 0. The predicted octanol–water partition coefficient (Wildman–Crippen LogP) is 1.36. The minimum atomic E-state index is -0.279. The van der Waals surface area contributed by atoms with Gasteiger partial charge in [-0.25, -0.2) is 4.90 Å². The van der Waals surface area contributed by atoms with Gasteiger partial charge in [-0.3, -0.25) is 24.1 Å². The molecule has 0 radical (unpaired) electrons. The standard InChI is InChI=1S/C11H9NO2.C6H7NO2/c1-8-2-4-9(5-3-8)12-10(13)6-7-11(12)14;1-2-7-5(8)3-4-6(7)9/h2-7H,1H3;3-4H,2H2,1H3. The Labute approximate surface area is 133 Å². The Morgan fingerprint density at radius 2 is 1.17 bits per heavy atom. The molecule has 1 aromatic rings. The maximum atomic E-state index is 11.3. The molecule has 6 heteroatoms. The molecule has 0 spiro atoms. The third-order valence-electron chi connectivity index (χ3n) is 3.32. The molecule has 2 aliphatic rings. The monoisotopic (exact) mass is 312 g/mol. The molecule has 0 aromatic heterocycles. The molecule has 23 heavy (non-hydrogen) atoms. The maximum Gasteiger partial charge on any atom is 0.258 e. The van der Waals surface area contributed by atoms with Gasteiger partial charge in [0.05, 0.1) is 5.69 Å². The van der Waals surface area contributed by atoms with Crippen LogP contribution in [0.3, 0.4) is 0 Å². The lowest BCUT2D eigenvalue weighted by atomic mass is 10.2. The Kier molecular flexibility index (Phi) is 4.85. The van der Waals surface area contributed by atoms with Crippen molar-refractivity contribution in [2.45, 2.75) is 13.8 Å². The summed E-state index contributed by atoms with van der Waals surface area (Å²) in [7, 11) is 0. The quantitative estimate of drug-likeness (QED) is 0.773. The highest BCUT2D eigenvalue weighted by Gasteiger charge is 2.24. The Bertz CT molecular complexity index is 681. The molecule has 0 atom stereocenters. The van der Waals surface area contributed by atoms with E-state index in [1.807, 2.05) is 19.1 Å². The summed E-state index contributed by atoms with van der Waals surface area (Å²) < 4.78 is 0. The van der Waals surface area contributed by atoms with Crippen LogP contribution in [0.25, 0.3) is 0 Å². The summed E-state index contributed by atoms with van der Waals surface area (Å²) in [5.41, 5.74) is 1.72. The van der Waals surface area contributed by atoms with Crippen LogP contribution in [0.1, 0.15) is 12.5 Å². The van der Waals surface area contributed by atoms with Gasteiger partial charge in [-0.15, -0.1) is 0 Å². The smallest absolute Gasteiger partial charge is 0.258 e. The van der Waals surface area contributed by atoms with Crippen LogP contribution in [0, 0.1) is 6.92 Å². The molecule has 0 saturated heterocycles. The second-order valence-electron chi connectivity index (χ2n) is 4.93. The summed E-state index contributed by atoms with van der Waals surface area (Å²) in [6.45, 7) is 4.18. The Hall–Kier alpha value is -3.02. The first-order valence-electron chi connectivity index (χ1n) is 7.10. The number of anilines is 1. The summed E-state index contributed by atoms with van der Waals surface area (Å²) in [5, 5.41) is 0. The number of nitrogens with zero attached hydrogens (tertiary/aromatic N) is 2. The van der Waals surface area contributed by atoms with Gasteiger partial charge in [0.25, 0.3) is 23.6 Å². The van der Waals surface area contributed by atoms with Crippen LogP contribution in [0.4, 0.5) is 5.69 Å². The van der Waals surface area contributed by atoms with Crippen LogP contribution >= 0.6 is 0 Å². The number of carbonyl (C=O) groups is 4. The average Bonchev–Trinajstić information content (AvgIpc) is 3.03. The van der Waals surface area contributed by atoms with Crippen molar-refractivity contribution >= 4 is 29.3 Å². The van der Waals surface area contributed by atoms with E-state index in [-0.39, 0.29) is 23.6 Å². The highest BCUT2D eigenvalue weighted by molar-refractivity contribution is 6.28. The van der Waals surface area contributed by atoms with Crippen LogP contribution in [0.2, 0.25) is 0 Å². The molecular formula is C17H16N2O4. The van der Waals surface area contributed by atoms with E-state index < -0.39 is 0 Å². The molecule has 118 valence electrons. The third-order valence-corrected chi connectivity index (χ3v) is 3.32. The molecule has 0 aliphatic carbocycles. The first kappa shape index (κ1) is 16.4. The van der Waals surface area contributed by atoms with E-state index >= 15 is 0 Å². The highest BCUT2D eigenvalue weighted by atomic mass is 16.2. The Morgan fingerprint density at radius 1 is 0.739 bits per heavy atom. The number of carbonyl (C=O) groups excluding carboxylic acids is 4. The molecule has 0 unspecified atom stereocenters. The van der Waals surface area contributed by atoms with Gasteiger partial charge in [-0.05, 0) is 26.0 Å². The molecule has 6 nitrogen and oxygen atoms in total. The molecule has 0 bridgehead atoms. The van der Waals surface area contributed by atoms with Gasteiger partial charge < -0.3 is 0 Å². The van der Waals surface area contributed by atoms with E-state index in [1.54, 1.807) is 19.1 Å². The van der Waals surface area contributed by atoms with Crippen molar-refractivity contribution in [3.8, 4) is 0 Å². The lowest BCUT2D eigenvalue weighted by Crippen LogP contribution is -2.29. The number of rotatable bonds is 2. The summed E-state index contributed by atoms with van der Waals surface area (Å²) in [6.07, 6.45) is 5.13. The van der Waals surface area contributed by atoms with Crippen molar-refractivity contribution in [1.29, 1.82) is 0 Å². The van der Waals surface area contributed by atoms with E-state index in [1.165, 1.54) is 29.2 Å². The van der Waals surface area contributed by atoms with Crippen molar-refractivity contribution < 1.29 is 19.2 Å². The molecule has 2 heterocycles. The van der Waals surface area contributed by atoms with Gasteiger partial charge in [0.1, 0.15) is 0 Å². The molecule has 1 aromatic carbocycles. The van der Waals surface area contributed by atoms with Gasteiger partial charge in [0.15, 0.2) is 0 Å². The van der Waals surface area contributed by atoms with E-state index in [0.717, 1.165) is 10.5 Å². The summed E-state index contributed by atoms with van der Waals surface area (Å²) >= 11 is 0. The first-order valence-corrected chi connectivity index (χ1v) is 7.10. The van der Waals surface area contributed by atoms with E-state index in [0.29, 0.717) is 12.2 Å². The van der Waals surface area contributed by atoms with Gasteiger partial charge in [0, 0.05) is 30.8 Å². The average molecular weight is 312 g/mol. The van der Waals surface area contributed by atoms with Gasteiger partial charge >= 0.3 is 0 Å². The molecule has 0 fully saturated rings. The van der Waals surface area contributed by atoms with E-state index in [9.17, 15) is 19.2 Å². The number of benzene rings is 1. The Balaban J connectivity index is 0.000000185. The summed E-state index contributed by atoms with van der Waals surface area (Å²) in [4.78, 5) is 46.2. The van der Waals surface area contributed by atoms with Crippen molar-refractivity contribution in [3.63, 3.8) is 0 Å². The number of imide groups is 2. The zero-order valence-electron chi connectivity index (χ0n) is 12.9. The topological polar surface area (TPSA) is 74.8 Å². The van der Waals surface area contributed by atoms with Crippen LogP contribution in [0.15, 0.2) is 48.6 Å². The number of aryl methyl sites for hydroxylation is 1. The minimum absolute atomic E-state index is 0.206. The molecule has 3 rings (SSSR count). The summed E-state index contributed by atoms with van der Waals surface area (Å²) in [5.74, 6) is -0.970. The fourth-order valence-electron chi connectivity index (χ4n) is 2.09. The molecule has 4 amide bonds. The minimum Gasteiger partial charge on any atom is -0.276 e. The Morgan fingerprint density at radius 3 is 1.57 bits per heavy atom. The van der Waals surface area contributed by atoms with E-state index in [2.05, 4.69) is 0 Å². The largest absolute Gasteiger partial charge is 0.276 e. The normalized spacial score (nSPS) is 16.3. The number of likely N-dealkylation sites (N-methyl/N-ethyl adjacent to an activating group) is 1. The third kappa shape index (κ3) is 3.60. The first-order chi connectivity index (χ1) is 10.9. The van der Waals surface area contributed by atoms with Crippen molar-refractivity contribution in [2.75, 3.05) is 11.4 Å². The van der Waals surface area contributed by atoms with E-state index in [4.69, 9.17) is 0 Å². The molecule has 2 aliphatic heterocycles. The van der Waals surface area contributed by atoms with Gasteiger partial charge in [-0.1, -0.05) is 17.7 Å². The molecular weight excluding hydrogens is 296 g/mol. The number of hydrogen-bond acceptors (Lipinski definition) is 4. The zero-order valence-corrected chi connectivity index (χ0v) is 12.9. The fraction of sp³-hybridized carbons (Fsp3) is 0.176. The van der Waals surface area contributed by atoms with Crippen LogP contribution in [0.5, 0.6) is 0 Å². The van der Waals surface area contributed by atoms with Crippen LogP contribution in [-0.4, -0.2) is 35.1 Å². The lowest BCUT2D eigenvalue weighted by Gasteiger charge is -2.13. The molecule has 0 N–H and O–H groups in total. The summed E-state index contributed by atoms with van der Waals surface area (Å²) in [6, 6.07) is 7.26. The number of amides is 4. The molecule has 0 saturated carbocycles. The van der Waals surface area contributed by atoms with Crippen molar-refractivity contribution in [3.05, 3.63) is 54.1 Å². The van der Waals surface area contributed by atoms with Crippen LogP contribution < -0.4 is 4.90 Å². The second kappa shape index (κ2) is 6.83. The fourth-order valence-corrected chi connectivity index (χ4v) is 2.09. The van der Waals surface area contributed by atoms with Crippen LogP contribution in [-0.2, 0) is 19.2 Å². The van der Waals surface area contributed by atoms with Gasteiger partial charge in [0.2, 0.25) is 0 Å². The maximum absolute atomic E-state index is 11.3. The van der Waals surface area contributed by atoms with Crippen molar-refractivity contribution in [2.24, 2.45) is 0 Å².